The zero-order valence-electron chi connectivity index (χ0n) is 12.9. The Morgan fingerprint density at radius 2 is 1.96 bits per heavy atom. The van der Waals surface area contributed by atoms with Crippen LogP contribution in [0.1, 0.15) is 12.6 Å². The van der Waals surface area contributed by atoms with Gasteiger partial charge in [-0.25, -0.2) is 14.6 Å². The summed E-state index contributed by atoms with van der Waals surface area (Å²) in [5.41, 5.74) is 3.05. The molecule has 0 radical (unpaired) electrons. The van der Waals surface area contributed by atoms with Crippen LogP contribution >= 0.6 is 0 Å². The zero-order chi connectivity index (χ0) is 16.5. The Morgan fingerprint density at radius 1 is 1.04 bits per heavy atom. The van der Waals surface area contributed by atoms with Crippen LogP contribution in [0.3, 0.4) is 0 Å². The molecule has 0 fully saturated rings. The Morgan fingerprint density at radius 3 is 2.79 bits per heavy atom. The van der Waals surface area contributed by atoms with Crippen molar-refractivity contribution in [2.75, 3.05) is 0 Å². The fourth-order valence-electron chi connectivity index (χ4n) is 2.46. The Kier molecular flexibility index (Phi) is 3.45. The lowest BCUT2D eigenvalue weighted by Gasteiger charge is -2.05. The van der Waals surface area contributed by atoms with Crippen molar-refractivity contribution in [2.24, 2.45) is 0 Å². The summed E-state index contributed by atoms with van der Waals surface area (Å²) in [5.74, 6) is -0.137. The van der Waals surface area contributed by atoms with Crippen LogP contribution in [-0.2, 0) is 6.42 Å². The maximum atomic E-state index is 13.4. The first-order valence-corrected chi connectivity index (χ1v) is 7.52. The predicted octanol–water partition coefficient (Wildman–Crippen LogP) is 2.97. The summed E-state index contributed by atoms with van der Waals surface area (Å²) in [6, 6.07) is 6.46. The van der Waals surface area contributed by atoms with Gasteiger partial charge in [0.2, 0.25) is 5.95 Å². The van der Waals surface area contributed by atoms with Gasteiger partial charge in [0.15, 0.2) is 5.82 Å². The lowest BCUT2D eigenvalue weighted by atomic mass is 10.2. The van der Waals surface area contributed by atoms with Gasteiger partial charge < -0.3 is 0 Å². The Labute approximate surface area is 137 Å². The molecule has 0 saturated heterocycles. The van der Waals surface area contributed by atoms with Gasteiger partial charge >= 0.3 is 0 Å². The van der Waals surface area contributed by atoms with E-state index in [-0.39, 0.29) is 0 Å². The van der Waals surface area contributed by atoms with E-state index in [0.29, 0.717) is 17.2 Å². The molecule has 0 atom stereocenters. The van der Waals surface area contributed by atoms with E-state index in [9.17, 15) is 4.39 Å². The standard InChI is InChI=1S/C17H13FN6/c1-2-12-9-19-10-14(22-12)13-6-15-11(7-20-13)8-21-24(15)17-5-3-4-16(18)23-17/h3-10H,2H2,1H3. The van der Waals surface area contributed by atoms with Crippen molar-refractivity contribution in [1.29, 1.82) is 0 Å². The fraction of sp³-hybridized carbons (Fsp3) is 0.118. The van der Waals surface area contributed by atoms with Crippen molar-refractivity contribution in [3.05, 3.63) is 60.7 Å². The summed E-state index contributed by atoms with van der Waals surface area (Å²) in [6.45, 7) is 2.02. The highest BCUT2D eigenvalue weighted by molar-refractivity contribution is 5.82. The van der Waals surface area contributed by atoms with Crippen molar-refractivity contribution in [3.8, 4) is 17.2 Å². The summed E-state index contributed by atoms with van der Waals surface area (Å²) in [7, 11) is 0. The normalized spacial score (nSPS) is 11.1. The summed E-state index contributed by atoms with van der Waals surface area (Å²) in [5, 5.41) is 5.12. The third-order valence-electron chi connectivity index (χ3n) is 3.68. The van der Waals surface area contributed by atoms with E-state index in [2.05, 4.69) is 25.0 Å². The summed E-state index contributed by atoms with van der Waals surface area (Å²) in [6.07, 6.45) is 7.60. The van der Waals surface area contributed by atoms with Crippen molar-refractivity contribution in [3.63, 3.8) is 0 Å². The number of nitrogens with zero attached hydrogens (tertiary/aromatic N) is 6. The largest absolute Gasteiger partial charge is 0.260 e. The van der Waals surface area contributed by atoms with Gasteiger partial charge in [-0.1, -0.05) is 13.0 Å². The van der Waals surface area contributed by atoms with Crippen LogP contribution < -0.4 is 0 Å². The topological polar surface area (TPSA) is 69.4 Å². The van der Waals surface area contributed by atoms with Gasteiger partial charge in [0.05, 0.1) is 29.3 Å². The first-order valence-electron chi connectivity index (χ1n) is 7.52. The minimum atomic E-state index is -0.549. The molecule has 4 heterocycles. The molecule has 24 heavy (non-hydrogen) atoms. The highest BCUT2D eigenvalue weighted by Crippen LogP contribution is 2.22. The van der Waals surface area contributed by atoms with Crippen molar-refractivity contribution in [1.82, 2.24) is 29.7 Å². The molecule has 0 amide bonds. The maximum Gasteiger partial charge on any atom is 0.214 e. The van der Waals surface area contributed by atoms with Crippen LogP contribution in [0.25, 0.3) is 28.1 Å². The third kappa shape index (κ3) is 2.50. The van der Waals surface area contributed by atoms with Gasteiger partial charge in [-0.15, -0.1) is 0 Å². The molecule has 7 heteroatoms. The number of hydrogen-bond acceptors (Lipinski definition) is 5. The second-order valence-corrected chi connectivity index (χ2v) is 5.25. The predicted molar refractivity (Wildman–Crippen MR) is 87.0 cm³/mol. The van der Waals surface area contributed by atoms with Crippen LogP contribution in [0.5, 0.6) is 0 Å². The molecule has 0 bridgehead atoms. The first-order chi connectivity index (χ1) is 11.7. The molecule has 4 rings (SSSR count). The number of aromatic nitrogens is 6. The lowest BCUT2D eigenvalue weighted by Crippen LogP contribution is -2.01. The van der Waals surface area contributed by atoms with E-state index >= 15 is 0 Å². The Balaban J connectivity index is 1.87. The molecule has 0 unspecified atom stereocenters. The molecule has 0 aromatic carbocycles. The number of halogens is 1. The van der Waals surface area contributed by atoms with Crippen LogP contribution in [-0.4, -0.2) is 29.7 Å². The highest BCUT2D eigenvalue weighted by Gasteiger charge is 2.10. The molecule has 0 aliphatic carbocycles. The number of rotatable bonds is 3. The van der Waals surface area contributed by atoms with E-state index in [1.807, 2.05) is 13.0 Å². The van der Waals surface area contributed by atoms with E-state index in [1.165, 1.54) is 6.07 Å². The average molecular weight is 320 g/mol. The summed E-state index contributed by atoms with van der Waals surface area (Å²) >= 11 is 0. The number of pyridine rings is 2. The molecule has 4 aromatic heterocycles. The number of aryl methyl sites for hydroxylation is 1. The summed E-state index contributed by atoms with van der Waals surface area (Å²) < 4.78 is 15.0. The molecule has 6 nitrogen and oxygen atoms in total. The van der Waals surface area contributed by atoms with Crippen molar-refractivity contribution in [2.45, 2.75) is 13.3 Å². The molecule has 0 N–H and O–H groups in total. The molecule has 4 aromatic rings. The molecule has 0 spiro atoms. The molecule has 0 aliphatic rings. The van der Waals surface area contributed by atoms with E-state index in [4.69, 9.17) is 0 Å². The minimum Gasteiger partial charge on any atom is -0.260 e. The van der Waals surface area contributed by atoms with Gasteiger partial charge in [-0.3, -0.25) is 9.97 Å². The molecule has 118 valence electrons. The van der Waals surface area contributed by atoms with E-state index in [1.54, 1.807) is 41.6 Å². The fourth-order valence-corrected chi connectivity index (χ4v) is 2.46. The van der Waals surface area contributed by atoms with Gasteiger partial charge in [0.1, 0.15) is 5.69 Å². The number of hydrogen-bond donors (Lipinski definition) is 0. The van der Waals surface area contributed by atoms with Crippen LogP contribution in [0.15, 0.2) is 49.1 Å². The Hall–Kier alpha value is -3.22. The quantitative estimate of drug-likeness (QED) is 0.543. The maximum absolute atomic E-state index is 13.4. The van der Waals surface area contributed by atoms with Gasteiger partial charge in [-0.05, 0) is 24.6 Å². The van der Waals surface area contributed by atoms with Gasteiger partial charge in [-0.2, -0.15) is 9.49 Å². The van der Waals surface area contributed by atoms with E-state index < -0.39 is 5.95 Å². The first kappa shape index (κ1) is 14.4. The average Bonchev–Trinajstić information content (AvgIpc) is 3.05. The lowest BCUT2D eigenvalue weighted by molar-refractivity contribution is 0.578. The monoisotopic (exact) mass is 320 g/mol. The second kappa shape index (κ2) is 5.77. The zero-order valence-corrected chi connectivity index (χ0v) is 12.9. The van der Waals surface area contributed by atoms with Crippen LogP contribution in [0.4, 0.5) is 4.39 Å². The van der Waals surface area contributed by atoms with Crippen LogP contribution in [0.2, 0.25) is 0 Å². The second-order valence-electron chi connectivity index (χ2n) is 5.25. The van der Waals surface area contributed by atoms with Crippen molar-refractivity contribution < 1.29 is 4.39 Å². The third-order valence-corrected chi connectivity index (χ3v) is 3.68. The highest BCUT2D eigenvalue weighted by atomic mass is 19.1. The minimum absolute atomic E-state index is 0.413. The smallest absolute Gasteiger partial charge is 0.214 e. The Bertz CT molecular complexity index is 1030. The molecular weight excluding hydrogens is 307 g/mol. The van der Waals surface area contributed by atoms with E-state index in [0.717, 1.165) is 23.0 Å². The van der Waals surface area contributed by atoms with Crippen molar-refractivity contribution >= 4 is 10.9 Å². The molecule has 0 aliphatic heterocycles. The molecular formula is C17H13FN6. The van der Waals surface area contributed by atoms with Gasteiger partial charge in [0, 0.05) is 17.8 Å². The van der Waals surface area contributed by atoms with Gasteiger partial charge in [0.25, 0.3) is 0 Å². The van der Waals surface area contributed by atoms with Crippen LogP contribution in [0, 0.1) is 5.95 Å². The summed E-state index contributed by atoms with van der Waals surface area (Å²) in [4.78, 5) is 17.1. The molecule has 0 saturated carbocycles. The SMILES string of the molecule is CCc1cncc(-c2cc3c(cn2)cnn3-c2cccc(F)n2)n1. The number of fused-ring (bicyclic) bond motifs is 1.